The van der Waals surface area contributed by atoms with Crippen LogP contribution in [0.3, 0.4) is 0 Å². The Bertz CT molecular complexity index is 459. The third-order valence-corrected chi connectivity index (χ3v) is 2.81. The second kappa shape index (κ2) is 9.91. The number of hydrogen-bond acceptors (Lipinski definition) is 4. The monoisotopic (exact) mass is 296 g/mol. The lowest BCUT2D eigenvalue weighted by molar-refractivity contribution is -0.146. The van der Waals surface area contributed by atoms with E-state index in [2.05, 4.69) is 0 Å². The average Bonchev–Trinajstić information content (AvgIpc) is 2.45. The van der Waals surface area contributed by atoms with Crippen molar-refractivity contribution in [1.82, 2.24) is 0 Å². The zero-order valence-electron chi connectivity index (χ0n) is 12.3. The number of unbranched alkanes of at least 4 members (excludes halogenated alkanes) is 1. The Kier molecular flexibility index (Phi) is 8.09. The van der Waals surface area contributed by atoms with Crippen molar-refractivity contribution in [2.75, 3.05) is 6.61 Å². The average molecular weight is 296 g/mol. The molecule has 1 aromatic rings. The minimum absolute atomic E-state index is 0.0392. The van der Waals surface area contributed by atoms with Gasteiger partial charge in [0.1, 0.15) is 12.4 Å². The summed E-state index contributed by atoms with van der Waals surface area (Å²) in [6.07, 6.45) is 2.57. The standard InChI is InChI=1S/C16H21FO4/c1-2-3-10-20-15(18)8-5-9-16(19)21-12-13-6-4-7-14(17)11-13/h4,6-7,11H,2-3,5,8-10,12H2,1H3. The van der Waals surface area contributed by atoms with Crippen molar-refractivity contribution in [3.63, 3.8) is 0 Å². The number of esters is 2. The molecule has 0 N–H and O–H groups in total. The van der Waals surface area contributed by atoms with E-state index >= 15 is 0 Å². The molecule has 1 aromatic carbocycles. The number of carbonyl (C=O) groups is 2. The molecule has 4 nitrogen and oxygen atoms in total. The number of hydrogen-bond donors (Lipinski definition) is 0. The van der Waals surface area contributed by atoms with E-state index in [1.54, 1.807) is 12.1 Å². The number of halogens is 1. The molecule has 1 rings (SSSR count). The van der Waals surface area contributed by atoms with E-state index in [1.807, 2.05) is 6.92 Å². The predicted molar refractivity (Wildman–Crippen MR) is 75.9 cm³/mol. The fourth-order valence-corrected chi connectivity index (χ4v) is 1.64. The first-order chi connectivity index (χ1) is 10.1. The van der Waals surface area contributed by atoms with Gasteiger partial charge in [-0.2, -0.15) is 0 Å². The lowest BCUT2D eigenvalue weighted by atomic mass is 10.2. The van der Waals surface area contributed by atoms with Crippen LogP contribution < -0.4 is 0 Å². The zero-order chi connectivity index (χ0) is 15.5. The number of rotatable bonds is 9. The fraction of sp³-hybridized carbons (Fsp3) is 0.500. The van der Waals surface area contributed by atoms with Gasteiger partial charge in [0.2, 0.25) is 0 Å². The molecule has 0 bridgehead atoms. The summed E-state index contributed by atoms with van der Waals surface area (Å²) in [7, 11) is 0. The van der Waals surface area contributed by atoms with Crippen LogP contribution in [0.1, 0.15) is 44.6 Å². The van der Waals surface area contributed by atoms with Crippen molar-refractivity contribution in [3.05, 3.63) is 35.6 Å². The van der Waals surface area contributed by atoms with Gasteiger partial charge in [0.15, 0.2) is 0 Å². The smallest absolute Gasteiger partial charge is 0.306 e. The maximum Gasteiger partial charge on any atom is 0.306 e. The van der Waals surface area contributed by atoms with Gasteiger partial charge < -0.3 is 9.47 Å². The van der Waals surface area contributed by atoms with E-state index in [0.29, 0.717) is 18.6 Å². The molecule has 0 aliphatic rings. The van der Waals surface area contributed by atoms with Crippen LogP contribution in [-0.4, -0.2) is 18.5 Å². The molecule has 0 aliphatic heterocycles. The van der Waals surface area contributed by atoms with Gasteiger partial charge in [-0.05, 0) is 30.5 Å². The maximum atomic E-state index is 12.9. The van der Waals surface area contributed by atoms with Crippen molar-refractivity contribution in [3.8, 4) is 0 Å². The molecule has 0 saturated carbocycles. The van der Waals surface area contributed by atoms with Crippen LogP contribution >= 0.6 is 0 Å². The second-order valence-electron chi connectivity index (χ2n) is 4.72. The summed E-state index contributed by atoms with van der Waals surface area (Å²) in [4.78, 5) is 22.8. The second-order valence-corrected chi connectivity index (χ2v) is 4.72. The number of ether oxygens (including phenoxy) is 2. The SMILES string of the molecule is CCCCOC(=O)CCCC(=O)OCc1cccc(F)c1. The van der Waals surface area contributed by atoms with Crippen molar-refractivity contribution in [2.24, 2.45) is 0 Å². The molecular formula is C16H21FO4. The van der Waals surface area contributed by atoms with Gasteiger partial charge in [-0.15, -0.1) is 0 Å². The van der Waals surface area contributed by atoms with Crippen LogP contribution in [0, 0.1) is 5.82 Å². The molecule has 0 atom stereocenters. The molecule has 21 heavy (non-hydrogen) atoms. The van der Waals surface area contributed by atoms with Crippen molar-refractivity contribution >= 4 is 11.9 Å². The van der Waals surface area contributed by atoms with E-state index in [4.69, 9.17) is 9.47 Å². The van der Waals surface area contributed by atoms with Crippen molar-refractivity contribution in [1.29, 1.82) is 0 Å². The molecule has 116 valence electrons. The van der Waals surface area contributed by atoms with Crippen LogP contribution in [0.15, 0.2) is 24.3 Å². The van der Waals surface area contributed by atoms with Crippen LogP contribution in [-0.2, 0) is 25.7 Å². The van der Waals surface area contributed by atoms with Crippen LogP contribution in [0.25, 0.3) is 0 Å². The highest BCUT2D eigenvalue weighted by Gasteiger charge is 2.07. The Labute approximate surface area is 124 Å². The van der Waals surface area contributed by atoms with Gasteiger partial charge in [-0.1, -0.05) is 25.5 Å². The fourth-order valence-electron chi connectivity index (χ4n) is 1.64. The predicted octanol–water partition coefficient (Wildman–Crippen LogP) is 3.38. The van der Waals surface area contributed by atoms with Crippen molar-refractivity contribution in [2.45, 2.75) is 45.6 Å². The van der Waals surface area contributed by atoms with E-state index in [9.17, 15) is 14.0 Å². The Balaban J connectivity index is 2.12. The molecule has 0 aliphatic carbocycles. The molecule has 0 unspecified atom stereocenters. The summed E-state index contributed by atoms with van der Waals surface area (Å²) in [5, 5.41) is 0. The van der Waals surface area contributed by atoms with Gasteiger partial charge in [-0.3, -0.25) is 9.59 Å². The van der Waals surface area contributed by atoms with E-state index in [0.717, 1.165) is 12.8 Å². The molecule has 0 amide bonds. The molecule has 0 aromatic heterocycles. The Morgan fingerprint density at radius 3 is 2.48 bits per heavy atom. The topological polar surface area (TPSA) is 52.6 Å². The highest BCUT2D eigenvalue weighted by molar-refractivity contribution is 5.72. The van der Waals surface area contributed by atoms with Gasteiger partial charge in [0.25, 0.3) is 0 Å². The van der Waals surface area contributed by atoms with Gasteiger partial charge in [0, 0.05) is 12.8 Å². The highest BCUT2D eigenvalue weighted by Crippen LogP contribution is 2.07. The summed E-state index contributed by atoms with van der Waals surface area (Å²) >= 11 is 0. The van der Waals surface area contributed by atoms with E-state index in [-0.39, 0.29) is 31.2 Å². The third kappa shape index (κ3) is 8.07. The van der Waals surface area contributed by atoms with Crippen LogP contribution in [0.5, 0.6) is 0 Å². The normalized spacial score (nSPS) is 10.2. The highest BCUT2D eigenvalue weighted by atomic mass is 19.1. The Morgan fingerprint density at radius 1 is 1.10 bits per heavy atom. The zero-order valence-corrected chi connectivity index (χ0v) is 12.3. The molecule has 5 heteroatoms. The summed E-state index contributed by atoms with van der Waals surface area (Å²) in [6.45, 7) is 2.49. The molecule has 0 saturated heterocycles. The van der Waals surface area contributed by atoms with Crippen molar-refractivity contribution < 1.29 is 23.5 Å². The lowest BCUT2D eigenvalue weighted by Gasteiger charge is -2.05. The Hall–Kier alpha value is -1.91. The summed E-state index contributed by atoms with van der Waals surface area (Å²) in [6, 6.07) is 5.89. The first-order valence-electron chi connectivity index (χ1n) is 7.17. The van der Waals surface area contributed by atoms with Gasteiger partial charge in [-0.25, -0.2) is 4.39 Å². The summed E-state index contributed by atoms with van der Waals surface area (Å²) < 4.78 is 22.9. The minimum atomic E-state index is -0.402. The molecule has 0 heterocycles. The van der Waals surface area contributed by atoms with E-state index < -0.39 is 5.97 Å². The molecule has 0 fully saturated rings. The lowest BCUT2D eigenvalue weighted by Crippen LogP contribution is -2.08. The van der Waals surface area contributed by atoms with Crippen LogP contribution in [0.4, 0.5) is 4.39 Å². The number of benzene rings is 1. The van der Waals surface area contributed by atoms with Gasteiger partial charge in [0.05, 0.1) is 6.61 Å². The first-order valence-corrected chi connectivity index (χ1v) is 7.17. The van der Waals surface area contributed by atoms with Gasteiger partial charge >= 0.3 is 11.9 Å². The molecular weight excluding hydrogens is 275 g/mol. The molecule has 0 radical (unpaired) electrons. The quantitative estimate of drug-likeness (QED) is 0.518. The molecule has 0 spiro atoms. The summed E-state index contributed by atoms with van der Waals surface area (Å²) in [5.74, 6) is -1.06. The van der Waals surface area contributed by atoms with Crippen LogP contribution in [0.2, 0.25) is 0 Å². The van der Waals surface area contributed by atoms with E-state index in [1.165, 1.54) is 12.1 Å². The first kappa shape index (κ1) is 17.1. The maximum absolute atomic E-state index is 12.9. The summed E-state index contributed by atoms with van der Waals surface area (Å²) in [5.41, 5.74) is 0.599. The minimum Gasteiger partial charge on any atom is -0.466 e. The largest absolute Gasteiger partial charge is 0.466 e. The number of carbonyl (C=O) groups excluding carboxylic acids is 2. The Morgan fingerprint density at radius 2 is 1.81 bits per heavy atom. The third-order valence-electron chi connectivity index (χ3n) is 2.81.